The highest BCUT2D eigenvalue weighted by molar-refractivity contribution is 5.97. The standard InChI is InChI=1S/C14H10O6/c1-19-14-7(16)2-3-9-12(14)13(18)11-8(17)4-6(15)5-10(11)20-9/h2-5,15-17H,1H3. The van der Waals surface area contributed by atoms with E-state index >= 15 is 0 Å². The Kier molecular flexibility index (Phi) is 2.47. The van der Waals surface area contributed by atoms with Gasteiger partial charge in [0.1, 0.15) is 33.4 Å². The fourth-order valence-corrected chi connectivity index (χ4v) is 2.20. The molecule has 3 rings (SSSR count). The van der Waals surface area contributed by atoms with Crippen molar-refractivity contribution >= 4 is 21.9 Å². The summed E-state index contributed by atoms with van der Waals surface area (Å²) in [4.78, 5) is 12.5. The third-order valence-electron chi connectivity index (χ3n) is 3.04. The van der Waals surface area contributed by atoms with Crippen LogP contribution in [0.1, 0.15) is 0 Å². The van der Waals surface area contributed by atoms with Crippen LogP contribution in [0.25, 0.3) is 21.9 Å². The minimum atomic E-state index is -0.550. The molecule has 0 saturated heterocycles. The highest BCUT2D eigenvalue weighted by Gasteiger charge is 2.18. The Labute approximate surface area is 112 Å². The van der Waals surface area contributed by atoms with Gasteiger partial charge in [-0.15, -0.1) is 0 Å². The first-order valence-electron chi connectivity index (χ1n) is 5.71. The highest BCUT2D eigenvalue weighted by atomic mass is 16.5. The summed E-state index contributed by atoms with van der Waals surface area (Å²) in [7, 11) is 1.31. The minimum absolute atomic E-state index is 0.0226. The lowest BCUT2D eigenvalue weighted by molar-refractivity contribution is 0.377. The molecule has 0 unspecified atom stereocenters. The lowest BCUT2D eigenvalue weighted by Gasteiger charge is -2.08. The van der Waals surface area contributed by atoms with Gasteiger partial charge in [-0.3, -0.25) is 4.79 Å². The largest absolute Gasteiger partial charge is 0.508 e. The zero-order valence-electron chi connectivity index (χ0n) is 10.4. The van der Waals surface area contributed by atoms with Crippen molar-refractivity contribution in [1.82, 2.24) is 0 Å². The van der Waals surface area contributed by atoms with E-state index in [-0.39, 0.29) is 39.2 Å². The second-order valence-electron chi connectivity index (χ2n) is 4.26. The Balaban J connectivity index is 2.62. The smallest absolute Gasteiger partial charge is 0.208 e. The second-order valence-corrected chi connectivity index (χ2v) is 4.26. The summed E-state index contributed by atoms with van der Waals surface area (Å²) in [6.45, 7) is 0. The molecule has 3 N–H and O–H groups in total. The number of phenols is 3. The fourth-order valence-electron chi connectivity index (χ4n) is 2.20. The van der Waals surface area contributed by atoms with Gasteiger partial charge < -0.3 is 24.5 Å². The number of rotatable bonds is 1. The zero-order valence-corrected chi connectivity index (χ0v) is 10.4. The summed E-state index contributed by atoms with van der Waals surface area (Å²) in [5, 5.41) is 28.9. The molecule has 20 heavy (non-hydrogen) atoms. The van der Waals surface area contributed by atoms with Gasteiger partial charge in [-0.2, -0.15) is 0 Å². The van der Waals surface area contributed by atoms with E-state index in [9.17, 15) is 20.1 Å². The predicted molar refractivity (Wildman–Crippen MR) is 71.5 cm³/mol. The minimum Gasteiger partial charge on any atom is -0.508 e. The average Bonchev–Trinajstić information content (AvgIpc) is 2.38. The van der Waals surface area contributed by atoms with Crippen molar-refractivity contribution in [3.8, 4) is 23.0 Å². The van der Waals surface area contributed by atoms with Crippen molar-refractivity contribution in [3.05, 3.63) is 34.5 Å². The van der Waals surface area contributed by atoms with Gasteiger partial charge in [-0.25, -0.2) is 0 Å². The van der Waals surface area contributed by atoms with Crippen LogP contribution in [0.4, 0.5) is 0 Å². The highest BCUT2D eigenvalue weighted by Crippen LogP contribution is 2.36. The van der Waals surface area contributed by atoms with Crippen LogP contribution >= 0.6 is 0 Å². The van der Waals surface area contributed by atoms with Gasteiger partial charge >= 0.3 is 0 Å². The Morgan fingerprint density at radius 3 is 2.45 bits per heavy atom. The van der Waals surface area contributed by atoms with Crippen LogP contribution in [-0.2, 0) is 0 Å². The molecule has 6 heteroatoms. The molecule has 2 aromatic carbocycles. The number of hydrogen-bond donors (Lipinski definition) is 3. The van der Waals surface area contributed by atoms with Crippen molar-refractivity contribution < 1.29 is 24.5 Å². The number of benzene rings is 2. The van der Waals surface area contributed by atoms with Gasteiger partial charge in [-0.05, 0) is 12.1 Å². The Bertz CT molecular complexity index is 894. The van der Waals surface area contributed by atoms with Crippen molar-refractivity contribution in [2.75, 3.05) is 7.11 Å². The van der Waals surface area contributed by atoms with Crippen LogP contribution in [0.15, 0.2) is 33.5 Å². The second kappa shape index (κ2) is 4.06. The van der Waals surface area contributed by atoms with Crippen molar-refractivity contribution in [2.24, 2.45) is 0 Å². The maximum absolute atomic E-state index is 12.5. The van der Waals surface area contributed by atoms with Crippen molar-refractivity contribution in [2.45, 2.75) is 0 Å². The van der Waals surface area contributed by atoms with E-state index in [1.54, 1.807) is 0 Å². The molecule has 0 saturated carbocycles. The number of fused-ring (bicyclic) bond motifs is 2. The molecular formula is C14H10O6. The molecule has 0 bridgehead atoms. The first kappa shape index (κ1) is 12.2. The first-order chi connectivity index (χ1) is 9.52. The Hall–Kier alpha value is -2.89. The topological polar surface area (TPSA) is 100 Å². The van der Waals surface area contributed by atoms with E-state index in [1.165, 1.54) is 25.3 Å². The maximum Gasteiger partial charge on any atom is 0.208 e. The fraction of sp³-hybridized carbons (Fsp3) is 0.0714. The third-order valence-corrected chi connectivity index (χ3v) is 3.04. The van der Waals surface area contributed by atoms with Gasteiger partial charge in [0, 0.05) is 12.1 Å². The molecule has 3 aromatic rings. The number of ether oxygens (including phenoxy) is 1. The number of methoxy groups -OCH3 is 1. The van der Waals surface area contributed by atoms with Gasteiger partial charge in [0.2, 0.25) is 5.43 Å². The monoisotopic (exact) mass is 274 g/mol. The maximum atomic E-state index is 12.5. The summed E-state index contributed by atoms with van der Waals surface area (Å²) in [5.41, 5.74) is -0.318. The molecule has 0 aliphatic heterocycles. The molecule has 0 atom stereocenters. The Morgan fingerprint density at radius 2 is 1.75 bits per heavy atom. The van der Waals surface area contributed by atoms with Gasteiger partial charge in [0.15, 0.2) is 11.5 Å². The lowest BCUT2D eigenvalue weighted by atomic mass is 10.1. The van der Waals surface area contributed by atoms with Gasteiger partial charge in [0.25, 0.3) is 0 Å². The third kappa shape index (κ3) is 1.55. The van der Waals surface area contributed by atoms with Crippen LogP contribution in [0.3, 0.4) is 0 Å². The molecule has 0 fully saturated rings. The molecule has 1 aromatic heterocycles. The molecule has 0 aliphatic carbocycles. The Morgan fingerprint density at radius 1 is 1.00 bits per heavy atom. The van der Waals surface area contributed by atoms with Crippen LogP contribution in [-0.4, -0.2) is 22.4 Å². The van der Waals surface area contributed by atoms with E-state index in [1.807, 2.05) is 0 Å². The van der Waals surface area contributed by atoms with E-state index in [0.29, 0.717) is 0 Å². The zero-order chi connectivity index (χ0) is 14.4. The SMILES string of the molecule is COc1c(O)ccc2oc3cc(O)cc(O)c3c(=O)c12. The molecule has 6 nitrogen and oxygen atoms in total. The molecule has 0 amide bonds. The van der Waals surface area contributed by atoms with E-state index in [2.05, 4.69) is 0 Å². The summed E-state index contributed by atoms with van der Waals surface area (Å²) >= 11 is 0. The summed E-state index contributed by atoms with van der Waals surface area (Å²) in [5.74, 6) is -0.847. The molecular weight excluding hydrogens is 264 g/mol. The number of phenolic OH excluding ortho intramolecular Hbond substituents is 3. The summed E-state index contributed by atoms with van der Waals surface area (Å²) < 4.78 is 10.5. The molecule has 0 spiro atoms. The first-order valence-corrected chi connectivity index (χ1v) is 5.71. The molecule has 0 radical (unpaired) electrons. The van der Waals surface area contributed by atoms with Crippen LogP contribution in [0.5, 0.6) is 23.0 Å². The van der Waals surface area contributed by atoms with Crippen molar-refractivity contribution in [3.63, 3.8) is 0 Å². The summed E-state index contributed by atoms with van der Waals surface area (Å²) in [6, 6.07) is 5.02. The van der Waals surface area contributed by atoms with Crippen LogP contribution < -0.4 is 10.2 Å². The predicted octanol–water partition coefficient (Wildman–Crippen LogP) is 2.07. The molecule has 1 heterocycles. The summed E-state index contributed by atoms with van der Waals surface area (Å²) in [6.07, 6.45) is 0. The lowest BCUT2D eigenvalue weighted by Crippen LogP contribution is -2.04. The average molecular weight is 274 g/mol. The van der Waals surface area contributed by atoms with E-state index < -0.39 is 11.2 Å². The quantitative estimate of drug-likeness (QED) is 0.587. The van der Waals surface area contributed by atoms with Crippen molar-refractivity contribution in [1.29, 1.82) is 0 Å². The van der Waals surface area contributed by atoms with E-state index in [4.69, 9.17) is 9.15 Å². The van der Waals surface area contributed by atoms with Gasteiger partial charge in [0.05, 0.1) is 7.11 Å². The molecule has 102 valence electrons. The number of hydrogen-bond acceptors (Lipinski definition) is 6. The van der Waals surface area contributed by atoms with Crippen LogP contribution in [0, 0.1) is 0 Å². The van der Waals surface area contributed by atoms with Crippen LogP contribution in [0.2, 0.25) is 0 Å². The number of aromatic hydroxyl groups is 3. The normalized spacial score (nSPS) is 11.1. The molecule has 0 aliphatic rings. The van der Waals surface area contributed by atoms with Gasteiger partial charge in [-0.1, -0.05) is 0 Å². The van der Waals surface area contributed by atoms with E-state index in [0.717, 1.165) is 6.07 Å².